The first kappa shape index (κ1) is 38.2. The minimum atomic E-state index is -0.322. The Morgan fingerprint density at radius 1 is 0.694 bits per heavy atom. The SMILES string of the molecule is CCC(C)C(=O)OC1(CC)C2CC3CC(C2)CC1C3.CCC(C)c1ccc(O)cc1.CCC(C)c1ccc(OC(=O)c2ccccc2)cc1. The smallest absolute Gasteiger partial charge is 0.343 e. The molecule has 3 unspecified atom stereocenters. The minimum Gasteiger partial charge on any atom is -0.508 e. The molecule has 5 nitrogen and oxygen atoms in total. The van der Waals surface area contributed by atoms with Crippen LogP contribution in [0.4, 0.5) is 0 Å². The van der Waals surface area contributed by atoms with Gasteiger partial charge in [0.05, 0.1) is 11.5 Å². The standard InChI is InChI=1S/C17H28O2.C17H18O2.C10H14O/c1-4-11(3)16(18)19-17(5-2)14-7-12-6-13(9-14)10-15(17)8-12;1-3-13(2)14-9-11-16(12-10-14)19-17(18)15-7-5-4-6-8-15;1-3-8(2)9-4-6-10(11)7-5-9/h11-15H,4-10H2,1-3H3;4-13H,3H2,1-2H3;4-8,11H,3H2,1-2H3. The van der Waals surface area contributed by atoms with Crippen LogP contribution in [0.25, 0.3) is 0 Å². The van der Waals surface area contributed by atoms with Gasteiger partial charge in [0.25, 0.3) is 0 Å². The summed E-state index contributed by atoms with van der Waals surface area (Å²) in [6.07, 6.45) is 10.9. The minimum absolute atomic E-state index is 0.0526. The van der Waals surface area contributed by atoms with Crippen molar-refractivity contribution < 1.29 is 24.2 Å². The van der Waals surface area contributed by atoms with Crippen LogP contribution in [-0.2, 0) is 9.53 Å². The molecule has 7 rings (SSSR count). The maximum atomic E-state index is 12.3. The van der Waals surface area contributed by atoms with Gasteiger partial charge < -0.3 is 14.6 Å². The second-order valence-corrected chi connectivity index (χ2v) is 14.9. The molecule has 3 aromatic carbocycles. The first-order valence-electron chi connectivity index (χ1n) is 18.9. The zero-order valence-electron chi connectivity index (χ0n) is 31.0. The third kappa shape index (κ3) is 9.77. The van der Waals surface area contributed by atoms with Crippen LogP contribution < -0.4 is 4.74 Å². The van der Waals surface area contributed by atoms with E-state index < -0.39 is 0 Å². The van der Waals surface area contributed by atoms with Gasteiger partial charge in [-0.1, -0.05) is 90.9 Å². The van der Waals surface area contributed by atoms with Crippen molar-refractivity contribution in [3.8, 4) is 11.5 Å². The van der Waals surface area contributed by atoms with Crippen molar-refractivity contribution in [3.05, 3.63) is 95.6 Å². The number of ether oxygens (including phenoxy) is 2. The summed E-state index contributed by atoms with van der Waals surface area (Å²) in [5.41, 5.74) is 3.02. The molecule has 4 aliphatic rings. The van der Waals surface area contributed by atoms with E-state index in [2.05, 4.69) is 41.5 Å². The molecule has 49 heavy (non-hydrogen) atoms. The van der Waals surface area contributed by atoms with Crippen molar-refractivity contribution in [3.63, 3.8) is 0 Å². The molecule has 0 spiro atoms. The summed E-state index contributed by atoms with van der Waals surface area (Å²) in [5.74, 6) is 5.01. The number of carbonyl (C=O) groups is 2. The summed E-state index contributed by atoms with van der Waals surface area (Å²) in [6.45, 7) is 15.0. The molecule has 4 aliphatic carbocycles. The molecule has 0 saturated heterocycles. The molecule has 3 atom stereocenters. The number of benzene rings is 3. The molecule has 4 bridgehead atoms. The zero-order chi connectivity index (χ0) is 35.6. The fraction of sp³-hybridized carbons (Fsp3) is 0.545. The highest BCUT2D eigenvalue weighted by molar-refractivity contribution is 5.90. The molecular formula is C44H60O5. The monoisotopic (exact) mass is 668 g/mol. The molecule has 3 aromatic rings. The molecule has 0 aromatic heterocycles. The molecule has 4 saturated carbocycles. The lowest BCUT2D eigenvalue weighted by atomic mass is 9.49. The zero-order valence-corrected chi connectivity index (χ0v) is 31.0. The van der Waals surface area contributed by atoms with Crippen molar-refractivity contribution in [1.82, 2.24) is 0 Å². The van der Waals surface area contributed by atoms with E-state index >= 15 is 0 Å². The summed E-state index contributed by atoms with van der Waals surface area (Å²) >= 11 is 0. The van der Waals surface area contributed by atoms with Crippen LogP contribution >= 0.6 is 0 Å². The van der Waals surface area contributed by atoms with Crippen LogP contribution in [0.2, 0.25) is 0 Å². The van der Waals surface area contributed by atoms with E-state index in [0.717, 1.165) is 37.5 Å². The number of esters is 2. The van der Waals surface area contributed by atoms with Gasteiger partial charge in [-0.2, -0.15) is 0 Å². The molecule has 5 heteroatoms. The lowest BCUT2D eigenvalue weighted by molar-refractivity contribution is -0.214. The Balaban J connectivity index is 0.000000172. The molecule has 0 amide bonds. The van der Waals surface area contributed by atoms with Crippen molar-refractivity contribution >= 4 is 11.9 Å². The Morgan fingerprint density at radius 3 is 1.63 bits per heavy atom. The van der Waals surface area contributed by atoms with Crippen LogP contribution in [0, 0.1) is 29.6 Å². The molecule has 4 fully saturated rings. The Kier molecular flexibility index (Phi) is 13.9. The third-order valence-corrected chi connectivity index (χ3v) is 11.7. The summed E-state index contributed by atoms with van der Waals surface area (Å²) in [7, 11) is 0. The van der Waals surface area contributed by atoms with E-state index in [1.165, 1.54) is 43.2 Å². The third-order valence-electron chi connectivity index (χ3n) is 11.7. The van der Waals surface area contributed by atoms with Gasteiger partial charge in [-0.25, -0.2) is 4.79 Å². The highest BCUT2D eigenvalue weighted by atomic mass is 16.6. The molecule has 0 heterocycles. The molecule has 0 radical (unpaired) electrons. The van der Waals surface area contributed by atoms with E-state index in [1.807, 2.05) is 61.5 Å². The average Bonchev–Trinajstić information content (AvgIpc) is 3.13. The van der Waals surface area contributed by atoms with Crippen LogP contribution in [0.5, 0.6) is 11.5 Å². The van der Waals surface area contributed by atoms with E-state index in [0.29, 0.717) is 40.7 Å². The predicted molar refractivity (Wildman–Crippen MR) is 199 cm³/mol. The van der Waals surface area contributed by atoms with Crippen molar-refractivity contribution in [2.45, 2.75) is 124 Å². The van der Waals surface area contributed by atoms with E-state index in [1.54, 1.807) is 24.3 Å². The van der Waals surface area contributed by atoms with Gasteiger partial charge in [0.1, 0.15) is 17.1 Å². The predicted octanol–water partition coefficient (Wildman–Crippen LogP) is 11.5. The molecular weight excluding hydrogens is 608 g/mol. The first-order chi connectivity index (χ1) is 23.5. The van der Waals surface area contributed by atoms with E-state index in [4.69, 9.17) is 14.6 Å². The molecule has 266 valence electrons. The fourth-order valence-electron chi connectivity index (χ4n) is 8.13. The number of rotatable bonds is 10. The Labute approximate surface area is 295 Å². The van der Waals surface area contributed by atoms with Gasteiger partial charge in [0.15, 0.2) is 0 Å². The Hall–Kier alpha value is -3.60. The summed E-state index contributed by atoms with van der Waals surface area (Å²) in [6, 6.07) is 24.2. The number of aromatic hydroxyl groups is 1. The van der Waals surface area contributed by atoms with E-state index in [-0.39, 0.29) is 23.5 Å². The highest BCUT2D eigenvalue weighted by Gasteiger charge is 2.58. The van der Waals surface area contributed by atoms with Gasteiger partial charge in [-0.15, -0.1) is 0 Å². The largest absolute Gasteiger partial charge is 0.508 e. The van der Waals surface area contributed by atoms with Crippen LogP contribution in [0.15, 0.2) is 78.9 Å². The topological polar surface area (TPSA) is 72.8 Å². The van der Waals surface area contributed by atoms with Crippen molar-refractivity contribution in [2.24, 2.45) is 29.6 Å². The Morgan fingerprint density at radius 2 is 1.18 bits per heavy atom. The normalized spacial score (nSPS) is 25.0. The van der Waals surface area contributed by atoms with Gasteiger partial charge in [0, 0.05) is 0 Å². The van der Waals surface area contributed by atoms with Gasteiger partial charge in [-0.05, 0) is 141 Å². The van der Waals surface area contributed by atoms with Crippen LogP contribution in [-0.4, -0.2) is 22.6 Å². The van der Waals surface area contributed by atoms with E-state index in [9.17, 15) is 9.59 Å². The highest BCUT2D eigenvalue weighted by Crippen LogP contribution is 2.60. The van der Waals surface area contributed by atoms with Crippen LogP contribution in [0.1, 0.15) is 140 Å². The number of hydrogen-bond acceptors (Lipinski definition) is 5. The van der Waals surface area contributed by atoms with Crippen molar-refractivity contribution in [2.75, 3.05) is 0 Å². The maximum absolute atomic E-state index is 12.3. The lowest BCUT2D eigenvalue weighted by Gasteiger charge is -2.60. The summed E-state index contributed by atoms with van der Waals surface area (Å²) < 4.78 is 11.5. The molecule has 1 N–H and O–H groups in total. The molecule has 0 aliphatic heterocycles. The second kappa shape index (κ2) is 17.9. The second-order valence-electron chi connectivity index (χ2n) is 14.9. The van der Waals surface area contributed by atoms with Crippen molar-refractivity contribution in [1.29, 1.82) is 0 Å². The summed E-state index contributed by atoms with van der Waals surface area (Å²) in [4.78, 5) is 24.2. The number of carbonyl (C=O) groups excluding carboxylic acids is 2. The van der Waals surface area contributed by atoms with Gasteiger partial charge in [-0.3, -0.25) is 4.79 Å². The number of hydrogen-bond donors (Lipinski definition) is 1. The lowest BCUT2D eigenvalue weighted by Crippen LogP contribution is -2.59. The van der Waals surface area contributed by atoms with Gasteiger partial charge in [0.2, 0.25) is 0 Å². The van der Waals surface area contributed by atoms with Crippen LogP contribution in [0.3, 0.4) is 0 Å². The maximum Gasteiger partial charge on any atom is 0.343 e. The number of phenolic OH excluding ortho intramolecular Hbond substituents is 1. The van der Waals surface area contributed by atoms with Gasteiger partial charge >= 0.3 is 11.9 Å². The number of phenols is 1. The quantitative estimate of drug-likeness (QED) is 0.172. The summed E-state index contributed by atoms with van der Waals surface area (Å²) in [5, 5.41) is 9.01. The first-order valence-corrected chi connectivity index (χ1v) is 18.9. The average molecular weight is 669 g/mol. The fourth-order valence-corrected chi connectivity index (χ4v) is 8.13. The Bertz CT molecular complexity index is 1420.